The van der Waals surface area contributed by atoms with Gasteiger partial charge < -0.3 is 15.4 Å². The van der Waals surface area contributed by atoms with Gasteiger partial charge in [-0.15, -0.1) is 0 Å². The molecule has 0 aliphatic heterocycles. The maximum Gasteiger partial charge on any atom is 0.413 e. The summed E-state index contributed by atoms with van der Waals surface area (Å²) in [6, 6.07) is 5.81. The van der Waals surface area contributed by atoms with E-state index < -0.39 is 28.1 Å². The van der Waals surface area contributed by atoms with Crippen LogP contribution in [0.5, 0.6) is 0 Å². The third-order valence-corrected chi connectivity index (χ3v) is 3.66. The molecule has 0 aliphatic carbocycles. The van der Waals surface area contributed by atoms with Crippen LogP contribution in [0, 0.1) is 10.1 Å². The molecule has 0 spiro atoms. The van der Waals surface area contributed by atoms with Gasteiger partial charge in [-0.2, -0.15) is 0 Å². The molecule has 3 N–H and O–H groups in total. The van der Waals surface area contributed by atoms with E-state index in [-0.39, 0.29) is 17.9 Å². The summed E-state index contributed by atoms with van der Waals surface area (Å²) < 4.78 is 5.11. The molecule has 0 saturated heterocycles. The number of non-ortho nitro benzene ring substituents is 1. The standard InChI is InChI=1S/C18H26N4O5/c1-12(20-16(24)27-17(2,3)4)21(6)15(23)11-18(5,19)13-8-7-9-14(10-13)22(25)26/h7-10H,1,11,19H2,2-6H3,(H,20,24)/t18-/m0/s1. The molecule has 148 valence electrons. The minimum absolute atomic E-state index is 0.0316. The van der Waals surface area contributed by atoms with Crippen LogP contribution in [-0.2, 0) is 15.1 Å². The average Bonchev–Trinajstić information content (AvgIpc) is 2.51. The molecule has 0 bridgehead atoms. The molecule has 0 radical (unpaired) electrons. The highest BCUT2D eigenvalue weighted by Crippen LogP contribution is 2.26. The van der Waals surface area contributed by atoms with Crippen molar-refractivity contribution < 1.29 is 19.2 Å². The molecule has 9 heteroatoms. The van der Waals surface area contributed by atoms with E-state index in [1.807, 2.05) is 0 Å². The lowest BCUT2D eigenvalue weighted by Gasteiger charge is -2.28. The molecular weight excluding hydrogens is 352 g/mol. The monoisotopic (exact) mass is 378 g/mol. The highest BCUT2D eigenvalue weighted by Gasteiger charge is 2.29. The van der Waals surface area contributed by atoms with Crippen LogP contribution in [0.15, 0.2) is 36.7 Å². The maximum absolute atomic E-state index is 12.5. The zero-order valence-corrected chi connectivity index (χ0v) is 16.2. The molecule has 0 unspecified atom stereocenters. The van der Waals surface area contributed by atoms with Gasteiger partial charge in [-0.25, -0.2) is 4.79 Å². The first-order chi connectivity index (χ1) is 12.2. The van der Waals surface area contributed by atoms with E-state index >= 15 is 0 Å². The van der Waals surface area contributed by atoms with Gasteiger partial charge in [-0.05, 0) is 33.3 Å². The van der Waals surface area contributed by atoms with E-state index in [0.29, 0.717) is 5.56 Å². The highest BCUT2D eigenvalue weighted by atomic mass is 16.6. The van der Waals surface area contributed by atoms with E-state index in [1.165, 1.54) is 25.2 Å². The molecule has 0 aliphatic rings. The summed E-state index contributed by atoms with van der Waals surface area (Å²) in [5, 5.41) is 13.3. The summed E-state index contributed by atoms with van der Waals surface area (Å²) in [6.07, 6.45) is -0.888. The number of nitro groups is 1. The number of benzene rings is 1. The number of carbonyl (C=O) groups excluding carboxylic acids is 2. The Morgan fingerprint density at radius 1 is 1.33 bits per heavy atom. The zero-order valence-electron chi connectivity index (χ0n) is 16.2. The third-order valence-electron chi connectivity index (χ3n) is 3.66. The first kappa shape index (κ1) is 22.1. The normalized spacial score (nSPS) is 13.3. The van der Waals surface area contributed by atoms with Crippen molar-refractivity contribution >= 4 is 17.7 Å². The SMILES string of the molecule is C=C(NC(=O)OC(C)(C)C)N(C)C(=O)C[C@](C)(N)c1cccc([N+](=O)[O-])c1. The summed E-state index contributed by atoms with van der Waals surface area (Å²) in [5.41, 5.74) is 4.72. The van der Waals surface area contributed by atoms with Gasteiger partial charge in [0.2, 0.25) is 5.91 Å². The first-order valence-corrected chi connectivity index (χ1v) is 8.22. The minimum atomic E-state index is -1.15. The topological polar surface area (TPSA) is 128 Å². The van der Waals surface area contributed by atoms with E-state index in [2.05, 4.69) is 11.9 Å². The van der Waals surface area contributed by atoms with Crippen molar-refractivity contribution in [2.75, 3.05) is 7.05 Å². The van der Waals surface area contributed by atoms with Crippen molar-refractivity contribution in [2.45, 2.75) is 45.3 Å². The molecule has 9 nitrogen and oxygen atoms in total. The number of ether oxygens (including phenoxy) is 1. The van der Waals surface area contributed by atoms with Crippen molar-refractivity contribution in [3.05, 3.63) is 52.3 Å². The number of amides is 2. The van der Waals surface area contributed by atoms with Gasteiger partial charge in [0, 0.05) is 31.1 Å². The fourth-order valence-corrected chi connectivity index (χ4v) is 2.17. The van der Waals surface area contributed by atoms with E-state index in [9.17, 15) is 19.7 Å². The maximum atomic E-state index is 12.5. The number of nitro benzene ring substituents is 1. The highest BCUT2D eigenvalue weighted by molar-refractivity contribution is 5.80. The second-order valence-electron chi connectivity index (χ2n) is 7.43. The van der Waals surface area contributed by atoms with Gasteiger partial charge in [0.25, 0.3) is 5.69 Å². The molecule has 1 aromatic rings. The molecule has 1 aromatic carbocycles. The lowest BCUT2D eigenvalue weighted by atomic mass is 9.89. The van der Waals surface area contributed by atoms with Gasteiger partial charge in [0.1, 0.15) is 11.4 Å². The Hall–Kier alpha value is -2.94. The third kappa shape index (κ3) is 6.70. The number of hydrogen-bond donors (Lipinski definition) is 2. The molecule has 27 heavy (non-hydrogen) atoms. The molecule has 1 rings (SSSR count). The molecule has 0 fully saturated rings. The fourth-order valence-electron chi connectivity index (χ4n) is 2.17. The van der Waals surface area contributed by atoms with Crippen molar-refractivity contribution in [2.24, 2.45) is 5.73 Å². The molecule has 0 saturated carbocycles. The van der Waals surface area contributed by atoms with Crippen LogP contribution in [0.1, 0.15) is 39.7 Å². The quantitative estimate of drug-likeness (QED) is 0.578. The summed E-state index contributed by atoms with van der Waals surface area (Å²) in [6.45, 7) is 10.4. The van der Waals surface area contributed by atoms with Crippen LogP contribution in [0.25, 0.3) is 0 Å². The Labute approximate surface area is 158 Å². The van der Waals surface area contributed by atoms with Gasteiger partial charge in [0.15, 0.2) is 0 Å². The molecule has 0 heterocycles. The predicted molar refractivity (Wildman–Crippen MR) is 101 cm³/mol. The Morgan fingerprint density at radius 2 is 1.93 bits per heavy atom. The van der Waals surface area contributed by atoms with Gasteiger partial charge in [-0.3, -0.25) is 20.2 Å². The van der Waals surface area contributed by atoms with Crippen molar-refractivity contribution in [3.8, 4) is 0 Å². The van der Waals surface area contributed by atoms with Crippen LogP contribution in [0.3, 0.4) is 0 Å². The van der Waals surface area contributed by atoms with E-state index in [1.54, 1.807) is 33.8 Å². The Bertz CT molecular complexity index is 752. The average molecular weight is 378 g/mol. The second kappa shape index (κ2) is 8.17. The summed E-state index contributed by atoms with van der Waals surface area (Å²) in [4.78, 5) is 35.8. The summed E-state index contributed by atoms with van der Waals surface area (Å²) in [5.74, 6) is -0.392. The van der Waals surface area contributed by atoms with Gasteiger partial charge in [0.05, 0.1) is 4.92 Å². The largest absolute Gasteiger partial charge is 0.444 e. The van der Waals surface area contributed by atoms with Gasteiger partial charge >= 0.3 is 6.09 Å². The number of alkyl carbamates (subject to hydrolysis) is 1. The van der Waals surface area contributed by atoms with Crippen molar-refractivity contribution in [1.29, 1.82) is 0 Å². The fraction of sp³-hybridized carbons (Fsp3) is 0.444. The predicted octanol–water partition coefficient (Wildman–Crippen LogP) is 2.61. The lowest BCUT2D eigenvalue weighted by molar-refractivity contribution is -0.385. The molecule has 0 aromatic heterocycles. The lowest BCUT2D eigenvalue weighted by Crippen LogP contribution is -2.43. The van der Waals surface area contributed by atoms with Crippen molar-refractivity contribution in [3.63, 3.8) is 0 Å². The van der Waals surface area contributed by atoms with Crippen LogP contribution in [0.4, 0.5) is 10.5 Å². The minimum Gasteiger partial charge on any atom is -0.444 e. The zero-order chi connectivity index (χ0) is 21.0. The van der Waals surface area contributed by atoms with E-state index in [0.717, 1.165) is 4.90 Å². The number of carbonyl (C=O) groups is 2. The van der Waals surface area contributed by atoms with E-state index in [4.69, 9.17) is 10.5 Å². The molecule has 2 amide bonds. The number of rotatable bonds is 6. The van der Waals surface area contributed by atoms with Crippen molar-refractivity contribution in [1.82, 2.24) is 10.2 Å². The second-order valence-corrected chi connectivity index (χ2v) is 7.43. The summed E-state index contributed by atoms with van der Waals surface area (Å²) >= 11 is 0. The van der Waals surface area contributed by atoms with Crippen LogP contribution in [0.2, 0.25) is 0 Å². The molecule has 1 atom stereocenters. The number of hydrogen-bond acceptors (Lipinski definition) is 6. The Kier molecular flexibility index (Phi) is 6.69. The van der Waals surface area contributed by atoms with Crippen LogP contribution in [-0.4, -0.2) is 34.5 Å². The van der Waals surface area contributed by atoms with Crippen LogP contribution < -0.4 is 11.1 Å². The number of nitrogens with two attached hydrogens (primary N) is 1. The number of nitrogens with zero attached hydrogens (tertiary/aromatic N) is 2. The first-order valence-electron chi connectivity index (χ1n) is 8.22. The Morgan fingerprint density at radius 3 is 2.44 bits per heavy atom. The smallest absolute Gasteiger partial charge is 0.413 e. The Balaban J connectivity index is 2.81. The van der Waals surface area contributed by atoms with Crippen LogP contribution >= 0.6 is 0 Å². The number of nitrogens with one attached hydrogen (secondary N) is 1. The summed E-state index contributed by atoms with van der Waals surface area (Å²) in [7, 11) is 1.44. The molecular formula is C18H26N4O5. The van der Waals surface area contributed by atoms with Gasteiger partial charge in [-0.1, -0.05) is 18.7 Å².